The van der Waals surface area contributed by atoms with E-state index in [0.29, 0.717) is 6.10 Å². The van der Waals surface area contributed by atoms with Gasteiger partial charge in [-0.15, -0.1) is 0 Å². The van der Waals surface area contributed by atoms with E-state index in [1.165, 1.54) is 5.39 Å². The fourth-order valence-electron chi connectivity index (χ4n) is 2.57. The molecular weight excluding hydrogens is 226 g/mol. The Balaban J connectivity index is 1.95. The van der Waals surface area contributed by atoms with Gasteiger partial charge in [-0.25, -0.2) is 0 Å². The van der Waals surface area contributed by atoms with Crippen LogP contribution in [0.4, 0.5) is 0 Å². The minimum atomic E-state index is 0.113. The lowest BCUT2D eigenvalue weighted by Gasteiger charge is -2.12. The van der Waals surface area contributed by atoms with Crippen molar-refractivity contribution >= 4 is 16.7 Å². The maximum absolute atomic E-state index is 11.4. The van der Waals surface area contributed by atoms with Gasteiger partial charge in [0.1, 0.15) is 0 Å². The Labute approximate surface area is 106 Å². The first-order chi connectivity index (χ1) is 8.74. The van der Waals surface area contributed by atoms with E-state index in [9.17, 15) is 4.79 Å². The highest BCUT2D eigenvalue weighted by Crippen LogP contribution is 2.21. The molecule has 1 fully saturated rings. The Hall–Kier alpha value is -1.61. The number of hydrogen-bond acceptors (Lipinski definition) is 2. The van der Waals surface area contributed by atoms with Crippen molar-refractivity contribution in [3.63, 3.8) is 0 Å². The molecule has 1 aromatic carbocycles. The van der Waals surface area contributed by atoms with Gasteiger partial charge in [-0.05, 0) is 37.3 Å². The predicted octanol–water partition coefficient (Wildman–Crippen LogP) is 3.02. The third-order valence-corrected chi connectivity index (χ3v) is 3.60. The molecule has 0 N–H and O–H groups in total. The summed E-state index contributed by atoms with van der Waals surface area (Å²) in [5, 5.41) is 1.18. The summed E-state index contributed by atoms with van der Waals surface area (Å²) < 4.78 is 7.86. The lowest BCUT2D eigenvalue weighted by molar-refractivity contribution is 0.0980. The topological polar surface area (TPSA) is 31.2 Å². The normalized spacial score (nSPS) is 19.5. The van der Waals surface area contributed by atoms with Gasteiger partial charge in [-0.1, -0.05) is 12.1 Å². The van der Waals surface area contributed by atoms with Crippen LogP contribution in [0.15, 0.2) is 30.5 Å². The minimum Gasteiger partial charge on any atom is -0.376 e. The van der Waals surface area contributed by atoms with Crippen LogP contribution in [0, 0.1) is 0 Å². The van der Waals surface area contributed by atoms with E-state index in [0.717, 1.165) is 37.1 Å². The molecule has 2 heterocycles. The maximum Gasteiger partial charge on any atom is 0.159 e. The van der Waals surface area contributed by atoms with E-state index < -0.39 is 0 Å². The third-order valence-electron chi connectivity index (χ3n) is 3.60. The van der Waals surface area contributed by atoms with E-state index in [2.05, 4.69) is 16.8 Å². The molecule has 2 aromatic rings. The first-order valence-corrected chi connectivity index (χ1v) is 6.45. The quantitative estimate of drug-likeness (QED) is 0.776. The zero-order chi connectivity index (χ0) is 12.5. The van der Waals surface area contributed by atoms with Crippen LogP contribution >= 0.6 is 0 Å². The fraction of sp³-hybridized carbons (Fsp3) is 0.400. The highest BCUT2D eigenvalue weighted by molar-refractivity contribution is 5.97. The molecule has 18 heavy (non-hydrogen) atoms. The minimum absolute atomic E-state index is 0.113. The third kappa shape index (κ3) is 2.06. The van der Waals surface area contributed by atoms with Crippen molar-refractivity contribution < 1.29 is 9.53 Å². The molecule has 1 atom stereocenters. The molecule has 94 valence electrons. The molecule has 3 nitrogen and oxygen atoms in total. The van der Waals surface area contributed by atoms with Crippen LogP contribution in [0.5, 0.6) is 0 Å². The molecule has 1 aliphatic heterocycles. The molecule has 1 unspecified atom stereocenters. The maximum atomic E-state index is 11.4. The van der Waals surface area contributed by atoms with Crippen molar-refractivity contribution in [2.45, 2.75) is 32.4 Å². The van der Waals surface area contributed by atoms with Crippen LogP contribution in [0.3, 0.4) is 0 Å². The van der Waals surface area contributed by atoms with E-state index in [1.54, 1.807) is 6.92 Å². The summed E-state index contributed by atoms with van der Waals surface area (Å²) in [6.45, 7) is 3.36. The van der Waals surface area contributed by atoms with Crippen molar-refractivity contribution in [1.29, 1.82) is 0 Å². The molecule has 3 heteroatoms. The first kappa shape index (κ1) is 11.5. The predicted molar refractivity (Wildman–Crippen MR) is 70.9 cm³/mol. The molecule has 0 saturated carbocycles. The Bertz CT molecular complexity index is 579. The summed E-state index contributed by atoms with van der Waals surface area (Å²) in [5.74, 6) is 0.113. The Morgan fingerprint density at radius 3 is 3.06 bits per heavy atom. The van der Waals surface area contributed by atoms with Crippen molar-refractivity contribution in [3.8, 4) is 0 Å². The van der Waals surface area contributed by atoms with Gasteiger partial charge in [0, 0.05) is 30.4 Å². The van der Waals surface area contributed by atoms with Gasteiger partial charge >= 0.3 is 0 Å². The fourth-order valence-corrected chi connectivity index (χ4v) is 2.57. The number of ketones is 1. The average Bonchev–Trinajstić information content (AvgIpc) is 2.99. The van der Waals surface area contributed by atoms with E-state index in [1.807, 2.05) is 18.2 Å². The van der Waals surface area contributed by atoms with E-state index in [-0.39, 0.29) is 5.78 Å². The van der Waals surface area contributed by atoms with Gasteiger partial charge in [0.2, 0.25) is 0 Å². The number of hydrogen-bond donors (Lipinski definition) is 0. The van der Waals surface area contributed by atoms with Gasteiger partial charge in [0.05, 0.1) is 6.10 Å². The van der Waals surface area contributed by atoms with Gasteiger partial charge in [0.25, 0.3) is 0 Å². The number of aromatic nitrogens is 1. The molecule has 1 aliphatic rings. The number of carbonyl (C=O) groups is 1. The Morgan fingerprint density at radius 1 is 1.44 bits per heavy atom. The van der Waals surface area contributed by atoms with Crippen molar-refractivity contribution in [2.75, 3.05) is 6.61 Å². The van der Waals surface area contributed by atoms with Crippen molar-refractivity contribution in [1.82, 2.24) is 4.57 Å². The summed E-state index contributed by atoms with van der Waals surface area (Å²) in [6, 6.07) is 7.97. The molecule has 0 radical (unpaired) electrons. The van der Waals surface area contributed by atoms with Gasteiger partial charge in [0.15, 0.2) is 5.78 Å². The lowest BCUT2D eigenvalue weighted by Crippen LogP contribution is -2.14. The van der Waals surface area contributed by atoms with Crippen LogP contribution in [-0.2, 0) is 11.3 Å². The number of carbonyl (C=O) groups excluding carboxylic acids is 1. The molecule has 0 aliphatic carbocycles. The Morgan fingerprint density at radius 2 is 2.33 bits per heavy atom. The number of rotatable bonds is 3. The number of fused-ring (bicyclic) bond motifs is 1. The van der Waals surface area contributed by atoms with Gasteiger partial charge in [-0.2, -0.15) is 0 Å². The number of nitrogens with zero attached hydrogens (tertiary/aromatic N) is 1. The average molecular weight is 243 g/mol. The summed E-state index contributed by atoms with van der Waals surface area (Å²) in [5.41, 5.74) is 1.90. The van der Waals surface area contributed by atoms with Crippen LogP contribution in [0.2, 0.25) is 0 Å². The zero-order valence-corrected chi connectivity index (χ0v) is 10.6. The van der Waals surface area contributed by atoms with Crippen LogP contribution in [-0.4, -0.2) is 23.1 Å². The molecule has 1 saturated heterocycles. The molecule has 0 amide bonds. The molecule has 3 rings (SSSR count). The largest absolute Gasteiger partial charge is 0.376 e. The molecule has 0 spiro atoms. The second-order valence-electron chi connectivity index (χ2n) is 4.93. The SMILES string of the molecule is CC(=O)c1ccc2ccn(CC3CCCO3)c2c1. The highest BCUT2D eigenvalue weighted by Gasteiger charge is 2.16. The number of ether oxygens (including phenoxy) is 1. The van der Waals surface area contributed by atoms with Crippen molar-refractivity contribution in [2.24, 2.45) is 0 Å². The van der Waals surface area contributed by atoms with Crippen LogP contribution in [0.1, 0.15) is 30.1 Å². The Kier molecular flexibility index (Phi) is 2.92. The summed E-state index contributed by atoms with van der Waals surface area (Å²) in [7, 11) is 0. The summed E-state index contributed by atoms with van der Waals surface area (Å²) >= 11 is 0. The van der Waals surface area contributed by atoms with Gasteiger partial charge < -0.3 is 9.30 Å². The highest BCUT2D eigenvalue weighted by atomic mass is 16.5. The van der Waals surface area contributed by atoms with Gasteiger partial charge in [-0.3, -0.25) is 4.79 Å². The molecule has 0 bridgehead atoms. The lowest BCUT2D eigenvalue weighted by atomic mass is 10.1. The summed E-state index contributed by atoms with van der Waals surface area (Å²) in [4.78, 5) is 11.4. The standard InChI is InChI=1S/C15H17NO2/c1-11(17)13-5-4-12-6-7-16(15(12)9-13)10-14-3-2-8-18-14/h4-7,9,14H,2-3,8,10H2,1H3. The monoisotopic (exact) mass is 243 g/mol. The number of Topliss-reactive ketones (excluding diaryl/α,β-unsaturated/α-hetero) is 1. The van der Waals surface area contributed by atoms with Crippen molar-refractivity contribution in [3.05, 3.63) is 36.0 Å². The van der Waals surface area contributed by atoms with Crippen LogP contribution in [0.25, 0.3) is 10.9 Å². The second-order valence-corrected chi connectivity index (χ2v) is 4.93. The van der Waals surface area contributed by atoms with E-state index >= 15 is 0 Å². The number of benzene rings is 1. The smallest absolute Gasteiger partial charge is 0.159 e. The second kappa shape index (κ2) is 4.58. The molecular formula is C15H17NO2. The van der Waals surface area contributed by atoms with Crippen LogP contribution < -0.4 is 0 Å². The zero-order valence-electron chi connectivity index (χ0n) is 10.6. The van der Waals surface area contributed by atoms with E-state index in [4.69, 9.17) is 4.74 Å². The summed E-state index contributed by atoms with van der Waals surface area (Å²) in [6.07, 6.45) is 4.69. The first-order valence-electron chi connectivity index (χ1n) is 6.45. The molecule has 1 aromatic heterocycles.